The maximum atomic E-state index is 11.3. The fourth-order valence-electron chi connectivity index (χ4n) is 2.87. The Morgan fingerprint density at radius 3 is 1.85 bits per heavy atom. The fraction of sp³-hybridized carbons (Fsp3) is 0.600. The van der Waals surface area contributed by atoms with Crippen molar-refractivity contribution in [1.29, 1.82) is 0 Å². The number of hydrogen-bond donors (Lipinski definition) is 0. The van der Waals surface area contributed by atoms with Crippen LogP contribution in [0, 0.1) is 23.7 Å². The Morgan fingerprint density at radius 2 is 1.46 bits per heavy atom. The van der Waals surface area contributed by atoms with Crippen LogP contribution in [0.2, 0.25) is 0 Å². The first kappa shape index (κ1) is 7.30. The summed E-state index contributed by atoms with van der Waals surface area (Å²) in [6.45, 7) is 0. The highest BCUT2D eigenvalue weighted by Gasteiger charge is 2.54. The normalized spacial score (nSPS) is 46.5. The zero-order valence-corrected chi connectivity index (χ0v) is 7.10. The smallest absolute Gasteiger partial charge is 0.318 e. The zero-order valence-electron chi connectivity index (χ0n) is 7.10. The Hall–Kier alpha value is -1.12. The third-order valence-electron chi connectivity index (χ3n) is 3.49. The largest absolute Gasteiger partial charge is 0.393 e. The van der Waals surface area contributed by atoms with Crippen LogP contribution >= 0.6 is 0 Å². The SMILES string of the molecule is O=C1OC(=O)[C@@H]2C1C1C=C[C@H]2CC1. The number of fused-ring (bicyclic) bond motifs is 1. The van der Waals surface area contributed by atoms with E-state index in [1.54, 1.807) is 0 Å². The van der Waals surface area contributed by atoms with E-state index in [-0.39, 0.29) is 35.6 Å². The molecule has 4 atom stereocenters. The molecular formula is C10H10O3. The summed E-state index contributed by atoms with van der Waals surface area (Å²) in [5.74, 6) is -0.390. The molecule has 3 aliphatic carbocycles. The summed E-state index contributed by atoms with van der Waals surface area (Å²) in [5, 5.41) is 0. The van der Waals surface area contributed by atoms with Gasteiger partial charge < -0.3 is 4.74 Å². The average molecular weight is 178 g/mol. The molecule has 13 heavy (non-hydrogen) atoms. The summed E-state index contributed by atoms with van der Waals surface area (Å²) in [7, 11) is 0. The van der Waals surface area contributed by atoms with Gasteiger partial charge in [0.15, 0.2) is 0 Å². The fourth-order valence-corrected chi connectivity index (χ4v) is 2.87. The lowest BCUT2D eigenvalue weighted by atomic mass is 9.63. The van der Waals surface area contributed by atoms with Gasteiger partial charge in [0, 0.05) is 0 Å². The molecule has 2 bridgehead atoms. The first-order chi connectivity index (χ1) is 6.27. The van der Waals surface area contributed by atoms with Crippen molar-refractivity contribution in [2.75, 3.05) is 0 Å². The van der Waals surface area contributed by atoms with E-state index < -0.39 is 0 Å². The standard InChI is InChI=1S/C10H10O3/c11-9-7-5-1-2-6(4-3-5)8(7)10(12)13-9/h1-2,5-8H,3-4H2/t5-,6?,7-,8?/m0/s1. The molecule has 1 aliphatic heterocycles. The minimum Gasteiger partial charge on any atom is -0.393 e. The third kappa shape index (κ3) is 0.794. The van der Waals surface area contributed by atoms with E-state index >= 15 is 0 Å². The van der Waals surface area contributed by atoms with Gasteiger partial charge in [0.2, 0.25) is 0 Å². The van der Waals surface area contributed by atoms with Crippen LogP contribution < -0.4 is 0 Å². The van der Waals surface area contributed by atoms with Gasteiger partial charge in [0.25, 0.3) is 0 Å². The van der Waals surface area contributed by atoms with Crippen molar-refractivity contribution in [2.24, 2.45) is 23.7 Å². The molecule has 1 saturated carbocycles. The molecule has 2 fully saturated rings. The van der Waals surface area contributed by atoms with Gasteiger partial charge in [-0.15, -0.1) is 0 Å². The second-order valence-electron chi connectivity index (χ2n) is 4.08. The molecular weight excluding hydrogens is 168 g/mol. The van der Waals surface area contributed by atoms with E-state index in [2.05, 4.69) is 16.9 Å². The number of esters is 2. The van der Waals surface area contributed by atoms with E-state index in [0.29, 0.717) is 0 Å². The third-order valence-corrected chi connectivity index (χ3v) is 3.49. The first-order valence-corrected chi connectivity index (χ1v) is 4.71. The van der Waals surface area contributed by atoms with Crippen molar-refractivity contribution in [1.82, 2.24) is 0 Å². The van der Waals surface area contributed by atoms with Crippen LogP contribution in [0.5, 0.6) is 0 Å². The van der Waals surface area contributed by atoms with Crippen LogP contribution in [0.3, 0.4) is 0 Å². The van der Waals surface area contributed by atoms with Crippen molar-refractivity contribution in [2.45, 2.75) is 12.8 Å². The molecule has 0 amide bonds. The number of hydrogen-bond acceptors (Lipinski definition) is 3. The van der Waals surface area contributed by atoms with Crippen LogP contribution in [0.4, 0.5) is 0 Å². The Kier molecular flexibility index (Phi) is 1.25. The summed E-state index contributed by atoms with van der Waals surface area (Å²) >= 11 is 0. The van der Waals surface area contributed by atoms with Crippen LogP contribution in [-0.4, -0.2) is 11.9 Å². The summed E-state index contributed by atoms with van der Waals surface area (Å²) < 4.78 is 4.67. The number of ether oxygens (including phenoxy) is 1. The number of carbonyl (C=O) groups excluding carboxylic acids is 2. The van der Waals surface area contributed by atoms with Crippen molar-refractivity contribution in [3.63, 3.8) is 0 Å². The Bertz CT molecular complexity index is 288. The number of carbonyl (C=O) groups is 2. The maximum Gasteiger partial charge on any atom is 0.318 e. The molecule has 0 aromatic rings. The second kappa shape index (κ2) is 2.22. The lowest BCUT2D eigenvalue weighted by Gasteiger charge is -2.37. The minimum atomic E-state index is -0.297. The van der Waals surface area contributed by atoms with E-state index in [1.807, 2.05) is 0 Å². The van der Waals surface area contributed by atoms with Crippen LogP contribution in [0.25, 0.3) is 0 Å². The van der Waals surface area contributed by atoms with Crippen LogP contribution in [-0.2, 0) is 14.3 Å². The van der Waals surface area contributed by atoms with Gasteiger partial charge in [-0.05, 0) is 24.7 Å². The topological polar surface area (TPSA) is 43.4 Å². The van der Waals surface area contributed by atoms with E-state index in [9.17, 15) is 9.59 Å². The molecule has 1 saturated heterocycles. The Balaban J connectivity index is 2.07. The zero-order chi connectivity index (χ0) is 9.00. The summed E-state index contributed by atoms with van der Waals surface area (Å²) in [6, 6.07) is 0. The molecule has 0 spiro atoms. The summed E-state index contributed by atoms with van der Waals surface area (Å²) in [6.07, 6.45) is 6.22. The van der Waals surface area contributed by atoms with Gasteiger partial charge in [-0.2, -0.15) is 0 Å². The molecule has 3 nitrogen and oxygen atoms in total. The monoisotopic (exact) mass is 178 g/mol. The number of rotatable bonds is 0. The van der Waals surface area contributed by atoms with Crippen molar-refractivity contribution in [3.8, 4) is 0 Å². The predicted molar refractivity (Wildman–Crippen MR) is 43.4 cm³/mol. The Labute approximate surface area is 75.8 Å². The van der Waals surface area contributed by atoms with Crippen molar-refractivity contribution < 1.29 is 14.3 Å². The molecule has 68 valence electrons. The molecule has 0 N–H and O–H groups in total. The molecule has 4 aliphatic rings. The molecule has 2 unspecified atom stereocenters. The predicted octanol–water partition coefficient (Wildman–Crippen LogP) is 0.898. The summed E-state index contributed by atoms with van der Waals surface area (Å²) in [4.78, 5) is 22.7. The van der Waals surface area contributed by atoms with Crippen LogP contribution in [0.15, 0.2) is 12.2 Å². The molecule has 3 heteroatoms. The van der Waals surface area contributed by atoms with Gasteiger partial charge >= 0.3 is 11.9 Å². The molecule has 0 aromatic carbocycles. The molecule has 0 radical (unpaired) electrons. The Morgan fingerprint density at radius 1 is 1.00 bits per heavy atom. The number of cyclic esters (lactones) is 2. The number of allylic oxidation sites excluding steroid dienone is 2. The van der Waals surface area contributed by atoms with E-state index in [4.69, 9.17) is 0 Å². The van der Waals surface area contributed by atoms with Gasteiger partial charge in [-0.25, -0.2) is 0 Å². The highest BCUT2D eigenvalue weighted by Crippen LogP contribution is 2.48. The molecule has 4 rings (SSSR count). The van der Waals surface area contributed by atoms with Crippen molar-refractivity contribution in [3.05, 3.63) is 12.2 Å². The lowest BCUT2D eigenvalue weighted by Crippen LogP contribution is -2.38. The van der Waals surface area contributed by atoms with E-state index in [0.717, 1.165) is 12.8 Å². The summed E-state index contributed by atoms with van der Waals surface area (Å²) in [5.41, 5.74) is 0. The molecule has 1 heterocycles. The van der Waals surface area contributed by atoms with Crippen LogP contribution in [0.1, 0.15) is 12.8 Å². The maximum absolute atomic E-state index is 11.3. The molecule has 0 aromatic heterocycles. The highest BCUT2D eigenvalue weighted by molar-refractivity contribution is 5.97. The first-order valence-electron chi connectivity index (χ1n) is 4.71. The quantitative estimate of drug-likeness (QED) is 0.314. The van der Waals surface area contributed by atoms with Crippen molar-refractivity contribution >= 4 is 11.9 Å². The van der Waals surface area contributed by atoms with Gasteiger partial charge in [0.1, 0.15) is 0 Å². The average Bonchev–Trinajstić information content (AvgIpc) is 2.47. The van der Waals surface area contributed by atoms with Gasteiger partial charge in [-0.1, -0.05) is 12.2 Å². The highest BCUT2D eigenvalue weighted by atomic mass is 16.6. The van der Waals surface area contributed by atoms with E-state index in [1.165, 1.54) is 0 Å². The van der Waals surface area contributed by atoms with Gasteiger partial charge in [-0.3, -0.25) is 9.59 Å². The second-order valence-corrected chi connectivity index (χ2v) is 4.08. The lowest BCUT2D eigenvalue weighted by molar-refractivity contribution is -0.154. The minimum absolute atomic E-state index is 0.156. The van der Waals surface area contributed by atoms with Gasteiger partial charge in [0.05, 0.1) is 11.8 Å².